The molecule has 9 heteroatoms. The third kappa shape index (κ3) is 3.25. The van der Waals surface area contributed by atoms with E-state index in [1.54, 1.807) is 24.3 Å². The van der Waals surface area contributed by atoms with Gasteiger partial charge in [0.1, 0.15) is 0 Å². The standard InChI is InChI=1S/C21H15N5O3S/c27-17-8-6-11-9-12(5-7-15(11)22-17)16-10-30-21(23-16)24-20(29)18-13-3-1-2-4-14(13)19(28)26-25-18/h1-5,7,9-10H,6,8H2,(H,22,27)(H,26,28)(H,23,24,29). The second-order valence-electron chi connectivity index (χ2n) is 6.86. The van der Waals surface area contributed by atoms with Crippen LogP contribution in [0.3, 0.4) is 0 Å². The zero-order valence-corrected chi connectivity index (χ0v) is 16.4. The third-order valence-electron chi connectivity index (χ3n) is 4.93. The number of benzene rings is 2. The number of rotatable bonds is 3. The molecule has 0 radical (unpaired) electrons. The number of fused-ring (bicyclic) bond motifs is 2. The lowest BCUT2D eigenvalue weighted by Crippen LogP contribution is -2.19. The molecule has 4 aromatic rings. The van der Waals surface area contributed by atoms with Gasteiger partial charge in [-0.05, 0) is 30.2 Å². The highest BCUT2D eigenvalue weighted by Gasteiger charge is 2.18. The minimum atomic E-state index is -0.448. The molecule has 5 rings (SSSR count). The molecule has 0 aliphatic carbocycles. The van der Waals surface area contributed by atoms with E-state index in [1.807, 2.05) is 23.6 Å². The number of anilines is 2. The minimum Gasteiger partial charge on any atom is -0.326 e. The van der Waals surface area contributed by atoms with Gasteiger partial charge in [-0.3, -0.25) is 19.7 Å². The summed E-state index contributed by atoms with van der Waals surface area (Å²) in [6, 6.07) is 12.6. The molecule has 2 amide bonds. The van der Waals surface area contributed by atoms with Crippen LogP contribution in [0.15, 0.2) is 52.6 Å². The quantitative estimate of drug-likeness (QED) is 0.473. The van der Waals surface area contributed by atoms with Crippen LogP contribution < -0.4 is 16.2 Å². The van der Waals surface area contributed by atoms with Gasteiger partial charge in [0.05, 0.1) is 11.1 Å². The zero-order chi connectivity index (χ0) is 20.7. The van der Waals surface area contributed by atoms with Crippen LogP contribution in [0.5, 0.6) is 0 Å². The van der Waals surface area contributed by atoms with Gasteiger partial charge in [0.15, 0.2) is 10.8 Å². The molecule has 1 aliphatic heterocycles. The van der Waals surface area contributed by atoms with E-state index in [2.05, 4.69) is 25.8 Å². The largest absolute Gasteiger partial charge is 0.326 e. The Kier molecular flexibility index (Phi) is 4.36. The zero-order valence-electron chi connectivity index (χ0n) is 15.6. The molecule has 3 heterocycles. The van der Waals surface area contributed by atoms with Gasteiger partial charge in [0, 0.05) is 28.4 Å². The number of aromatic amines is 1. The first-order chi connectivity index (χ1) is 14.6. The SMILES string of the molecule is O=C1CCc2cc(-c3csc(NC(=O)c4n[nH]c(=O)c5ccccc45)n3)ccc2N1. The predicted molar refractivity (Wildman–Crippen MR) is 115 cm³/mol. The fourth-order valence-corrected chi connectivity index (χ4v) is 4.17. The van der Waals surface area contributed by atoms with E-state index in [0.717, 1.165) is 22.5 Å². The van der Waals surface area contributed by atoms with Gasteiger partial charge in [0.2, 0.25) is 5.91 Å². The first-order valence-electron chi connectivity index (χ1n) is 9.26. The van der Waals surface area contributed by atoms with Crippen LogP contribution in [0.25, 0.3) is 22.0 Å². The lowest BCUT2D eigenvalue weighted by atomic mass is 9.99. The molecule has 0 unspecified atom stereocenters. The molecule has 1 aliphatic rings. The summed E-state index contributed by atoms with van der Waals surface area (Å²) in [6.07, 6.45) is 1.16. The number of carbonyl (C=O) groups excluding carboxylic acids is 2. The smallest absolute Gasteiger partial charge is 0.278 e. The normalized spacial score (nSPS) is 13.0. The minimum absolute atomic E-state index is 0.0253. The molecule has 2 aromatic carbocycles. The molecular weight excluding hydrogens is 402 g/mol. The number of nitrogens with zero attached hydrogens (tertiary/aromatic N) is 2. The summed E-state index contributed by atoms with van der Waals surface area (Å²) < 4.78 is 0. The van der Waals surface area contributed by atoms with Crippen molar-refractivity contribution in [1.82, 2.24) is 15.2 Å². The van der Waals surface area contributed by atoms with Crippen molar-refractivity contribution in [3.8, 4) is 11.3 Å². The van der Waals surface area contributed by atoms with Gasteiger partial charge in [-0.1, -0.05) is 24.3 Å². The number of aryl methyl sites for hydroxylation is 1. The molecule has 30 heavy (non-hydrogen) atoms. The van der Waals surface area contributed by atoms with Gasteiger partial charge in [-0.2, -0.15) is 5.10 Å². The summed E-state index contributed by atoms with van der Waals surface area (Å²) in [5, 5.41) is 15.1. The number of thiazole rings is 1. The monoisotopic (exact) mass is 417 g/mol. The summed E-state index contributed by atoms with van der Waals surface area (Å²) in [5.41, 5.74) is 3.32. The summed E-state index contributed by atoms with van der Waals surface area (Å²) >= 11 is 1.30. The highest BCUT2D eigenvalue weighted by molar-refractivity contribution is 7.14. The van der Waals surface area contributed by atoms with E-state index in [-0.39, 0.29) is 17.2 Å². The molecule has 148 valence electrons. The fraction of sp³-hybridized carbons (Fsp3) is 0.0952. The first kappa shape index (κ1) is 18.2. The Balaban J connectivity index is 1.41. The molecule has 2 aromatic heterocycles. The highest BCUT2D eigenvalue weighted by Crippen LogP contribution is 2.30. The average Bonchev–Trinajstić information content (AvgIpc) is 3.22. The Morgan fingerprint density at radius 1 is 1.07 bits per heavy atom. The van der Waals surface area contributed by atoms with Crippen LogP contribution in [-0.2, 0) is 11.2 Å². The van der Waals surface area contributed by atoms with Crippen LogP contribution in [0, 0.1) is 0 Å². The van der Waals surface area contributed by atoms with Crippen LogP contribution in [0.4, 0.5) is 10.8 Å². The second kappa shape index (κ2) is 7.20. The van der Waals surface area contributed by atoms with Gasteiger partial charge >= 0.3 is 0 Å². The van der Waals surface area contributed by atoms with Crippen molar-refractivity contribution in [1.29, 1.82) is 0 Å². The van der Waals surface area contributed by atoms with E-state index in [9.17, 15) is 14.4 Å². The average molecular weight is 417 g/mol. The number of carbonyl (C=O) groups is 2. The lowest BCUT2D eigenvalue weighted by molar-refractivity contribution is -0.116. The molecule has 8 nitrogen and oxygen atoms in total. The Bertz CT molecular complexity index is 1370. The van der Waals surface area contributed by atoms with Crippen molar-refractivity contribution < 1.29 is 9.59 Å². The van der Waals surface area contributed by atoms with Gasteiger partial charge in [-0.15, -0.1) is 11.3 Å². The van der Waals surface area contributed by atoms with Crippen molar-refractivity contribution in [3.63, 3.8) is 0 Å². The first-order valence-corrected chi connectivity index (χ1v) is 10.1. The van der Waals surface area contributed by atoms with Crippen LogP contribution >= 0.6 is 11.3 Å². The van der Waals surface area contributed by atoms with Crippen LogP contribution in [-0.4, -0.2) is 27.0 Å². The Morgan fingerprint density at radius 3 is 2.77 bits per heavy atom. The number of aromatic nitrogens is 3. The van der Waals surface area contributed by atoms with E-state index in [0.29, 0.717) is 28.7 Å². The summed E-state index contributed by atoms with van der Waals surface area (Å²) in [7, 11) is 0. The van der Waals surface area contributed by atoms with Gasteiger partial charge in [-0.25, -0.2) is 10.1 Å². The van der Waals surface area contributed by atoms with E-state index in [4.69, 9.17) is 0 Å². The number of nitrogens with one attached hydrogen (secondary N) is 3. The number of H-pyrrole nitrogens is 1. The molecule has 0 fully saturated rings. The highest BCUT2D eigenvalue weighted by atomic mass is 32.1. The number of amides is 2. The number of hydrogen-bond acceptors (Lipinski definition) is 6. The van der Waals surface area contributed by atoms with Crippen molar-refractivity contribution in [2.75, 3.05) is 10.6 Å². The summed E-state index contributed by atoms with van der Waals surface area (Å²) in [4.78, 5) is 40.7. The topological polar surface area (TPSA) is 117 Å². The predicted octanol–water partition coefficient (Wildman–Crippen LogP) is 3.18. The van der Waals surface area contributed by atoms with Crippen molar-refractivity contribution in [3.05, 3.63) is 69.5 Å². The lowest BCUT2D eigenvalue weighted by Gasteiger charge is -2.17. The van der Waals surface area contributed by atoms with Crippen molar-refractivity contribution in [2.45, 2.75) is 12.8 Å². The molecule has 0 atom stereocenters. The van der Waals surface area contributed by atoms with Gasteiger partial charge < -0.3 is 5.32 Å². The maximum Gasteiger partial charge on any atom is 0.278 e. The third-order valence-corrected chi connectivity index (χ3v) is 5.69. The van der Waals surface area contributed by atoms with Crippen molar-refractivity contribution >= 4 is 44.7 Å². The molecule has 3 N–H and O–H groups in total. The Hall–Kier alpha value is -3.85. The van der Waals surface area contributed by atoms with Gasteiger partial charge in [0.25, 0.3) is 11.5 Å². The van der Waals surface area contributed by atoms with Crippen molar-refractivity contribution in [2.24, 2.45) is 0 Å². The Labute approximate surface area is 174 Å². The van der Waals surface area contributed by atoms with Crippen LogP contribution in [0.1, 0.15) is 22.5 Å². The van der Waals surface area contributed by atoms with E-state index in [1.165, 1.54) is 11.3 Å². The molecular formula is C21H15N5O3S. The maximum atomic E-state index is 12.7. The van der Waals surface area contributed by atoms with Crippen LogP contribution in [0.2, 0.25) is 0 Å². The molecule has 0 bridgehead atoms. The fourth-order valence-electron chi connectivity index (χ4n) is 3.45. The Morgan fingerprint density at radius 2 is 1.90 bits per heavy atom. The maximum absolute atomic E-state index is 12.7. The molecule has 0 saturated heterocycles. The number of hydrogen-bond donors (Lipinski definition) is 3. The van der Waals surface area contributed by atoms with E-state index >= 15 is 0 Å². The second-order valence-corrected chi connectivity index (χ2v) is 7.72. The molecule has 0 spiro atoms. The van der Waals surface area contributed by atoms with E-state index < -0.39 is 5.91 Å². The molecule has 0 saturated carbocycles. The summed E-state index contributed by atoms with van der Waals surface area (Å²) in [6.45, 7) is 0. The summed E-state index contributed by atoms with van der Waals surface area (Å²) in [5.74, 6) is -0.422.